The number of nitrogens with one attached hydrogen (secondary N) is 1. The Morgan fingerprint density at radius 2 is 1.79 bits per heavy atom. The van der Waals surface area contributed by atoms with Gasteiger partial charge in [0.25, 0.3) is 0 Å². The average Bonchev–Trinajstić information content (AvgIpc) is 2.38. The van der Waals surface area contributed by atoms with Crippen molar-refractivity contribution in [3.8, 4) is 0 Å². The van der Waals surface area contributed by atoms with Crippen LogP contribution in [-0.2, 0) is 6.54 Å². The highest BCUT2D eigenvalue weighted by Gasteiger charge is 2.08. The van der Waals surface area contributed by atoms with Gasteiger partial charge in [-0.1, -0.05) is 30.3 Å². The molecule has 100 valence electrons. The van der Waals surface area contributed by atoms with Crippen molar-refractivity contribution in [1.29, 1.82) is 0 Å². The molecule has 0 aromatic heterocycles. The maximum atomic E-state index is 13.0. The van der Waals surface area contributed by atoms with E-state index in [0.717, 1.165) is 17.7 Å². The summed E-state index contributed by atoms with van der Waals surface area (Å²) in [7, 11) is 0. The first-order valence-corrected chi connectivity index (χ1v) is 6.62. The molecule has 2 rings (SSSR count). The number of halogens is 1. The molecule has 1 atom stereocenters. The van der Waals surface area contributed by atoms with Crippen molar-refractivity contribution in [1.82, 2.24) is 5.32 Å². The molecule has 0 spiro atoms. The van der Waals surface area contributed by atoms with Gasteiger partial charge < -0.3 is 5.32 Å². The minimum atomic E-state index is -0.173. The van der Waals surface area contributed by atoms with E-state index in [1.165, 1.54) is 17.2 Å². The highest BCUT2D eigenvalue weighted by atomic mass is 19.1. The van der Waals surface area contributed by atoms with E-state index in [9.17, 15) is 4.39 Å². The molecule has 0 aliphatic heterocycles. The van der Waals surface area contributed by atoms with E-state index >= 15 is 0 Å². The maximum absolute atomic E-state index is 13.0. The van der Waals surface area contributed by atoms with Crippen LogP contribution in [0.15, 0.2) is 42.5 Å². The van der Waals surface area contributed by atoms with Gasteiger partial charge in [-0.25, -0.2) is 4.39 Å². The zero-order valence-electron chi connectivity index (χ0n) is 11.7. The van der Waals surface area contributed by atoms with Crippen molar-refractivity contribution in [2.45, 2.75) is 33.4 Å². The normalized spacial score (nSPS) is 12.4. The van der Waals surface area contributed by atoms with Crippen LogP contribution in [0.25, 0.3) is 0 Å². The fourth-order valence-corrected chi connectivity index (χ4v) is 2.30. The lowest BCUT2D eigenvalue weighted by Crippen LogP contribution is -2.19. The summed E-state index contributed by atoms with van der Waals surface area (Å²) >= 11 is 0. The summed E-state index contributed by atoms with van der Waals surface area (Å²) in [6, 6.07) is 13.6. The van der Waals surface area contributed by atoms with E-state index in [-0.39, 0.29) is 11.9 Å². The van der Waals surface area contributed by atoms with Gasteiger partial charge in [-0.15, -0.1) is 0 Å². The van der Waals surface area contributed by atoms with Crippen LogP contribution >= 0.6 is 0 Å². The van der Waals surface area contributed by atoms with E-state index in [0.29, 0.717) is 0 Å². The van der Waals surface area contributed by atoms with Crippen molar-refractivity contribution < 1.29 is 4.39 Å². The van der Waals surface area contributed by atoms with Crippen LogP contribution in [0.1, 0.15) is 35.2 Å². The zero-order chi connectivity index (χ0) is 13.8. The lowest BCUT2D eigenvalue weighted by molar-refractivity contribution is 0.569. The summed E-state index contributed by atoms with van der Waals surface area (Å²) in [5.74, 6) is -0.173. The topological polar surface area (TPSA) is 12.0 Å². The van der Waals surface area contributed by atoms with E-state index in [1.807, 2.05) is 13.0 Å². The van der Waals surface area contributed by atoms with Crippen molar-refractivity contribution in [2.75, 3.05) is 0 Å². The number of aryl methyl sites for hydroxylation is 2. The summed E-state index contributed by atoms with van der Waals surface area (Å²) < 4.78 is 13.0. The van der Waals surface area contributed by atoms with Gasteiger partial charge in [0, 0.05) is 12.6 Å². The molecule has 2 aromatic rings. The number of hydrogen-bond donors (Lipinski definition) is 1. The monoisotopic (exact) mass is 257 g/mol. The Morgan fingerprint density at radius 1 is 1.05 bits per heavy atom. The van der Waals surface area contributed by atoms with Crippen LogP contribution in [-0.4, -0.2) is 0 Å². The Hall–Kier alpha value is -1.67. The van der Waals surface area contributed by atoms with Gasteiger partial charge in [-0.05, 0) is 55.2 Å². The van der Waals surface area contributed by atoms with Crippen LogP contribution in [0.3, 0.4) is 0 Å². The first-order valence-electron chi connectivity index (χ1n) is 6.62. The van der Waals surface area contributed by atoms with Crippen LogP contribution < -0.4 is 5.32 Å². The van der Waals surface area contributed by atoms with E-state index in [2.05, 4.69) is 43.4 Å². The third kappa shape index (κ3) is 3.42. The van der Waals surface area contributed by atoms with Gasteiger partial charge in [0.15, 0.2) is 0 Å². The zero-order valence-corrected chi connectivity index (χ0v) is 11.7. The molecule has 1 N–H and O–H groups in total. The smallest absolute Gasteiger partial charge is 0.123 e. The van der Waals surface area contributed by atoms with Gasteiger partial charge in [0.2, 0.25) is 0 Å². The molecule has 0 saturated heterocycles. The molecule has 0 radical (unpaired) electrons. The number of hydrogen-bond acceptors (Lipinski definition) is 1. The number of benzene rings is 2. The van der Waals surface area contributed by atoms with Gasteiger partial charge >= 0.3 is 0 Å². The van der Waals surface area contributed by atoms with Crippen LogP contribution in [0, 0.1) is 19.7 Å². The Morgan fingerprint density at radius 3 is 2.47 bits per heavy atom. The van der Waals surface area contributed by atoms with Gasteiger partial charge in [-0.2, -0.15) is 0 Å². The summed E-state index contributed by atoms with van der Waals surface area (Å²) in [6.07, 6.45) is 0. The van der Waals surface area contributed by atoms with Crippen molar-refractivity contribution >= 4 is 0 Å². The minimum absolute atomic E-state index is 0.173. The molecular weight excluding hydrogens is 237 g/mol. The molecule has 2 heteroatoms. The van der Waals surface area contributed by atoms with Gasteiger partial charge in [0.05, 0.1) is 0 Å². The quantitative estimate of drug-likeness (QED) is 0.861. The minimum Gasteiger partial charge on any atom is -0.306 e. The van der Waals surface area contributed by atoms with Gasteiger partial charge in [0.1, 0.15) is 5.82 Å². The molecular formula is C17H20FN. The molecule has 0 heterocycles. The van der Waals surface area contributed by atoms with Crippen molar-refractivity contribution in [3.05, 3.63) is 70.5 Å². The van der Waals surface area contributed by atoms with E-state index < -0.39 is 0 Å². The Labute approximate surface area is 114 Å². The summed E-state index contributed by atoms with van der Waals surface area (Å²) in [4.78, 5) is 0. The Kier molecular flexibility index (Phi) is 4.33. The standard InChI is InChI=1S/C17H20FN/c1-12-6-4-5-7-17(12)14(3)19-11-15-8-9-16(18)10-13(15)2/h4-10,14,19H,11H2,1-3H3/t14-/m0/s1. The number of rotatable bonds is 4. The highest BCUT2D eigenvalue weighted by Crippen LogP contribution is 2.18. The third-order valence-electron chi connectivity index (χ3n) is 3.56. The summed E-state index contributed by atoms with van der Waals surface area (Å²) in [6.45, 7) is 6.97. The Balaban J connectivity index is 2.04. The second kappa shape index (κ2) is 5.98. The molecule has 0 bridgehead atoms. The third-order valence-corrected chi connectivity index (χ3v) is 3.56. The molecule has 1 nitrogen and oxygen atoms in total. The lowest BCUT2D eigenvalue weighted by Gasteiger charge is -2.17. The van der Waals surface area contributed by atoms with E-state index in [4.69, 9.17) is 0 Å². The van der Waals surface area contributed by atoms with Crippen LogP contribution in [0.5, 0.6) is 0 Å². The molecule has 0 unspecified atom stereocenters. The first kappa shape index (κ1) is 13.8. The SMILES string of the molecule is Cc1cc(F)ccc1CN[C@@H](C)c1ccccc1C. The van der Waals surface area contributed by atoms with Crippen LogP contribution in [0.4, 0.5) is 4.39 Å². The largest absolute Gasteiger partial charge is 0.306 e. The fraction of sp³-hybridized carbons (Fsp3) is 0.294. The summed E-state index contributed by atoms with van der Waals surface area (Å²) in [5.41, 5.74) is 4.73. The highest BCUT2D eigenvalue weighted by molar-refractivity contribution is 5.29. The molecule has 0 aliphatic rings. The van der Waals surface area contributed by atoms with Gasteiger partial charge in [-0.3, -0.25) is 0 Å². The van der Waals surface area contributed by atoms with E-state index in [1.54, 1.807) is 6.07 Å². The molecule has 0 aliphatic carbocycles. The second-order valence-electron chi connectivity index (χ2n) is 5.03. The molecule has 0 fully saturated rings. The molecule has 19 heavy (non-hydrogen) atoms. The predicted octanol–water partition coefficient (Wildman–Crippen LogP) is 4.29. The fourth-order valence-electron chi connectivity index (χ4n) is 2.30. The first-order chi connectivity index (χ1) is 9.08. The molecule has 2 aromatic carbocycles. The van der Waals surface area contributed by atoms with Crippen molar-refractivity contribution in [2.24, 2.45) is 0 Å². The summed E-state index contributed by atoms with van der Waals surface area (Å²) in [5, 5.41) is 3.49. The average molecular weight is 257 g/mol. The lowest BCUT2D eigenvalue weighted by atomic mass is 10.0. The maximum Gasteiger partial charge on any atom is 0.123 e. The Bertz CT molecular complexity index is 563. The van der Waals surface area contributed by atoms with Crippen LogP contribution in [0.2, 0.25) is 0 Å². The molecule has 0 amide bonds. The predicted molar refractivity (Wildman–Crippen MR) is 77.6 cm³/mol. The van der Waals surface area contributed by atoms with Crippen molar-refractivity contribution in [3.63, 3.8) is 0 Å². The second-order valence-corrected chi connectivity index (χ2v) is 5.03. The molecule has 0 saturated carbocycles.